The fraction of sp³-hybridized carbons (Fsp3) is 0.600. The predicted molar refractivity (Wildman–Crippen MR) is 77.8 cm³/mol. The lowest BCUT2D eigenvalue weighted by Crippen LogP contribution is -2.53. The Morgan fingerprint density at radius 3 is 3.10 bits per heavy atom. The minimum absolute atomic E-state index is 0.00378. The van der Waals surface area contributed by atoms with Crippen molar-refractivity contribution in [1.29, 1.82) is 0 Å². The SMILES string of the molecule is CC1CCCC(CO)(NC(=O)C=Cc2cnn(C)c2)C1. The molecule has 1 aliphatic carbocycles. The van der Waals surface area contributed by atoms with E-state index in [0.717, 1.165) is 24.8 Å². The number of carbonyl (C=O) groups excluding carboxylic acids is 1. The zero-order chi connectivity index (χ0) is 14.6. The molecule has 2 rings (SSSR count). The fourth-order valence-corrected chi connectivity index (χ4v) is 2.96. The molecular weight excluding hydrogens is 254 g/mol. The third-order valence-electron chi connectivity index (χ3n) is 3.93. The van der Waals surface area contributed by atoms with E-state index >= 15 is 0 Å². The van der Waals surface area contributed by atoms with Crippen LogP contribution in [0, 0.1) is 5.92 Å². The van der Waals surface area contributed by atoms with E-state index in [-0.39, 0.29) is 12.5 Å². The summed E-state index contributed by atoms with van der Waals surface area (Å²) in [7, 11) is 1.83. The lowest BCUT2D eigenvalue weighted by Gasteiger charge is -2.39. The van der Waals surface area contributed by atoms with Gasteiger partial charge in [0.05, 0.1) is 18.3 Å². The third kappa shape index (κ3) is 3.70. The molecule has 0 radical (unpaired) electrons. The van der Waals surface area contributed by atoms with Gasteiger partial charge < -0.3 is 10.4 Å². The van der Waals surface area contributed by atoms with Crippen LogP contribution in [0.4, 0.5) is 0 Å². The van der Waals surface area contributed by atoms with Crippen LogP contribution in [0.3, 0.4) is 0 Å². The third-order valence-corrected chi connectivity index (χ3v) is 3.93. The molecule has 0 bridgehead atoms. The number of nitrogens with zero attached hydrogens (tertiary/aromatic N) is 2. The highest BCUT2D eigenvalue weighted by molar-refractivity contribution is 5.92. The van der Waals surface area contributed by atoms with Gasteiger partial charge in [-0.05, 0) is 24.8 Å². The van der Waals surface area contributed by atoms with Gasteiger partial charge in [0.2, 0.25) is 5.91 Å². The number of aliphatic hydroxyl groups excluding tert-OH is 1. The Bertz CT molecular complexity index is 495. The second-order valence-electron chi connectivity index (χ2n) is 5.91. The molecule has 1 aromatic heterocycles. The van der Waals surface area contributed by atoms with Crippen LogP contribution in [0.5, 0.6) is 0 Å². The second-order valence-corrected chi connectivity index (χ2v) is 5.91. The number of aryl methyl sites for hydroxylation is 1. The van der Waals surface area contributed by atoms with Crippen LogP contribution in [0.15, 0.2) is 18.5 Å². The Balaban J connectivity index is 1.97. The molecule has 0 saturated heterocycles. The average molecular weight is 277 g/mol. The van der Waals surface area contributed by atoms with E-state index in [0.29, 0.717) is 5.92 Å². The van der Waals surface area contributed by atoms with Crippen molar-refractivity contribution in [3.05, 3.63) is 24.0 Å². The molecule has 0 aliphatic heterocycles. The molecule has 1 aromatic rings. The molecule has 2 atom stereocenters. The van der Waals surface area contributed by atoms with Crippen molar-refractivity contribution in [2.24, 2.45) is 13.0 Å². The van der Waals surface area contributed by atoms with E-state index < -0.39 is 5.54 Å². The summed E-state index contributed by atoms with van der Waals surface area (Å²) < 4.78 is 1.69. The summed E-state index contributed by atoms with van der Waals surface area (Å²) >= 11 is 0. The number of aromatic nitrogens is 2. The highest BCUT2D eigenvalue weighted by atomic mass is 16.3. The smallest absolute Gasteiger partial charge is 0.244 e. The first-order valence-electron chi connectivity index (χ1n) is 7.13. The van der Waals surface area contributed by atoms with Gasteiger partial charge in [0.15, 0.2) is 0 Å². The van der Waals surface area contributed by atoms with E-state index in [1.807, 2.05) is 13.2 Å². The molecule has 5 heteroatoms. The first-order valence-corrected chi connectivity index (χ1v) is 7.13. The van der Waals surface area contributed by atoms with Gasteiger partial charge in [-0.25, -0.2) is 0 Å². The van der Waals surface area contributed by atoms with Gasteiger partial charge in [0.1, 0.15) is 0 Å². The van der Waals surface area contributed by atoms with Gasteiger partial charge in [-0.1, -0.05) is 19.8 Å². The number of carbonyl (C=O) groups is 1. The van der Waals surface area contributed by atoms with Crippen molar-refractivity contribution in [2.45, 2.75) is 38.1 Å². The van der Waals surface area contributed by atoms with Gasteiger partial charge in [0.25, 0.3) is 0 Å². The van der Waals surface area contributed by atoms with Crippen molar-refractivity contribution in [2.75, 3.05) is 6.61 Å². The van der Waals surface area contributed by atoms with Gasteiger partial charge in [-0.3, -0.25) is 9.48 Å². The topological polar surface area (TPSA) is 67.2 Å². The minimum Gasteiger partial charge on any atom is -0.394 e. The maximum atomic E-state index is 12.0. The van der Waals surface area contributed by atoms with Crippen molar-refractivity contribution < 1.29 is 9.90 Å². The standard InChI is InChI=1S/C15H23N3O2/c1-12-4-3-7-15(8-12,11-19)17-14(20)6-5-13-9-16-18(2)10-13/h5-6,9-10,12,19H,3-4,7-8,11H2,1-2H3,(H,17,20). The Kier molecular flexibility index (Phi) is 4.60. The van der Waals surface area contributed by atoms with E-state index in [2.05, 4.69) is 17.3 Å². The molecule has 1 heterocycles. The summed E-state index contributed by atoms with van der Waals surface area (Å²) in [6.45, 7) is 2.17. The molecule has 5 nitrogen and oxygen atoms in total. The quantitative estimate of drug-likeness (QED) is 0.819. The van der Waals surface area contributed by atoms with Crippen LogP contribution < -0.4 is 5.32 Å². The molecule has 2 N–H and O–H groups in total. The summed E-state index contributed by atoms with van der Waals surface area (Å²) in [5.74, 6) is 0.385. The van der Waals surface area contributed by atoms with Crippen molar-refractivity contribution in [3.63, 3.8) is 0 Å². The summed E-state index contributed by atoms with van der Waals surface area (Å²) in [4.78, 5) is 12.0. The number of amides is 1. The lowest BCUT2D eigenvalue weighted by molar-refractivity contribution is -0.119. The monoisotopic (exact) mass is 277 g/mol. The zero-order valence-corrected chi connectivity index (χ0v) is 12.2. The Hall–Kier alpha value is -1.62. The number of rotatable bonds is 4. The highest BCUT2D eigenvalue weighted by Crippen LogP contribution is 2.31. The first kappa shape index (κ1) is 14.8. The van der Waals surface area contributed by atoms with Gasteiger partial charge >= 0.3 is 0 Å². The number of nitrogens with one attached hydrogen (secondary N) is 1. The zero-order valence-electron chi connectivity index (χ0n) is 12.2. The second kappa shape index (κ2) is 6.22. The summed E-state index contributed by atoms with van der Waals surface area (Å²) in [6, 6.07) is 0. The van der Waals surface area contributed by atoms with Crippen molar-refractivity contribution >= 4 is 12.0 Å². The minimum atomic E-state index is -0.450. The Morgan fingerprint density at radius 1 is 1.70 bits per heavy atom. The van der Waals surface area contributed by atoms with Crippen LogP contribution in [0.2, 0.25) is 0 Å². The molecule has 110 valence electrons. The van der Waals surface area contributed by atoms with E-state index in [1.165, 1.54) is 12.5 Å². The van der Waals surface area contributed by atoms with Gasteiger partial charge in [-0.15, -0.1) is 0 Å². The van der Waals surface area contributed by atoms with E-state index in [1.54, 1.807) is 17.0 Å². The Morgan fingerprint density at radius 2 is 2.50 bits per heavy atom. The summed E-state index contributed by atoms with van der Waals surface area (Å²) in [6.07, 6.45) is 10.7. The summed E-state index contributed by atoms with van der Waals surface area (Å²) in [5.41, 5.74) is 0.436. The predicted octanol–water partition coefficient (Wildman–Crippen LogP) is 1.49. The van der Waals surface area contributed by atoms with Crippen molar-refractivity contribution in [1.82, 2.24) is 15.1 Å². The molecule has 1 saturated carbocycles. The van der Waals surface area contributed by atoms with Crippen LogP contribution in [-0.2, 0) is 11.8 Å². The molecule has 20 heavy (non-hydrogen) atoms. The molecule has 1 fully saturated rings. The molecule has 1 amide bonds. The van der Waals surface area contributed by atoms with Crippen LogP contribution in [-0.4, -0.2) is 32.9 Å². The van der Waals surface area contributed by atoms with E-state index in [9.17, 15) is 9.90 Å². The molecule has 2 unspecified atom stereocenters. The van der Waals surface area contributed by atoms with Gasteiger partial charge in [0, 0.05) is 24.9 Å². The summed E-state index contributed by atoms with van der Waals surface area (Å²) in [5, 5.41) is 16.7. The molecular formula is C15H23N3O2. The average Bonchev–Trinajstić information content (AvgIpc) is 2.82. The number of hydrogen-bond donors (Lipinski definition) is 2. The number of aliphatic hydroxyl groups is 1. The van der Waals surface area contributed by atoms with Crippen molar-refractivity contribution in [3.8, 4) is 0 Å². The van der Waals surface area contributed by atoms with Crippen LogP contribution in [0.1, 0.15) is 38.2 Å². The normalized spacial score (nSPS) is 26.9. The highest BCUT2D eigenvalue weighted by Gasteiger charge is 2.35. The Labute approximate surface area is 119 Å². The fourth-order valence-electron chi connectivity index (χ4n) is 2.96. The number of hydrogen-bond acceptors (Lipinski definition) is 3. The van der Waals surface area contributed by atoms with Crippen LogP contribution in [0.25, 0.3) is 6.08 Å². The molecule has 0 spiro atoms. The molecule has 0 aromatic carbocycles. The lowest BCUT2D eigenvalue weighted by atomic mass is 9.77. The van der Waals surface area contributed by atoms with E-state index in [4.69, 9.17) is 0 Å². The maximum absolute atomic E-state index is 12.0. The first-order chi connectivity index (χ1) is 9.53. The molecule has 1 aliphatic rings. The van der Waals surface area contributed by atoms with Gasteiger partial charge in [-0.2, -0.15) is 5.10 Å². The maximum Gasteiger partial charge on any atom is 0.244 e. The largest absolute Gasteiger partial charge is 0.394 e. The van der Waals surface area contributed by atoms with Crippen LogP contribution >= 0.6 is 0 Å².